The summed E-state index contributed by atoms with van der Waals surface area (Å²) in [5.74, 6) is -0.840. The fourth-order valence-electron chi connectivity index (χ4n) is 5.94. The molecule has 0 aliphatic heterocycles. The summed E-state index contributed by atoms with van der Waals surface area (Å²) < 4.78 is 34.4. The zero-order chi connectivity index (χ0) is 45.7. The van der Waals surface area contributed by atoms with Crippen molar-refractivity contribution < 1.29 is 42.1 Å². The summed E-state index contributed by atoms with van der Waals surface area (Å²) in [6, 6.07) is 0. The third kappa shape index (κ3) is 46.4. The van der Waals surface area contributed by atoms with Gasteiger partial charge < -0.3 is 18.9 Å². The Bertz CT molecular complexity index is 1370. The number of likely N-dealkylation sites (N-methyl/N-ethyl adjacent to an activating group) is 1. The van der Waals surface area contributed by atoms with Crippen molar-refractivity contribution in [3.63, 3.8) is 0 Å². The number of rotatable bonds is 42. The average Bonchev–Trinajstić information content (AvgIpc) is 3.23. The molecule has 0 radical (unpaired) electrons. The van der Waals surface area contributed by atoms with Gasteiger partial charge in [0.05, 0.1) is 27.7 Å². The Hall–Kier alpha value is -3.07. The minimum absolute atomic E-state index is 0.0200. The van der Waals surface area contributed by atoms with Crippen LogP contribution in [0.1, 0.15) is 168 Å². The van der Waals surface area contributed by atoms with Crippen LogP contribution in [-0.4, -0.2) is 74.9 Å². The molecule has 0 spiro atoms. The Morgan fingerprint density at radius 1 is 0.500 bits per heavy atom. The SMILES string of the molecule is CC/C=C\C/C=C\C/C=C\C/C=C\C/C=C\CCCCCCCC(=O)OC(COC(=O)CCCCCCCCC/C=C\C/C=C\C/C=C\CC)COP(=O)(O)OCC[N+](C)(C)C. The van der Waals surface area contributed by atoms with Crippen molar-refractivity contribution in [3.05, 3.63) is 97.2 Å². The second kappa shape index (κ2) is 43.2. The van der Waals surface area contributed by atoms with Gasteiger partial charge >= 0.3 is 19.8 Å². The minimum atomic E-state index is -4.39. The molecule has 0 rings (SSSR count). The average molecular weight is 887 g/mol. The number of carbonyl (C=O) groups is 2. The first-order valence-corrected chi connectivity index (χ1v) is 25.5. The van der Waals surface area contributed by atoms with Gasteiger partial charge in [0.2, 0.25) is 0 Å². The van der Waals surface area contributed by atoms with E-state index in [4.69, 9.17) is 18.5 Å². The van der Waals surface area contributed by atoms with E-state index in [9.17, 15) is 19.0 Å². The molecule has 354 valence electrons. The number of ether oxygens (including phenoxy) is 2. The molecule has 0 amide bonds. The van der Waals surface area contributed by atoms with Crippen molar-refractivity contribution in [2.75, 3.05) is 47.5 Å². The Morgan fingerprint density at radius 3 is 1.29 bits per heavy atom. The van der Waals surface area contributed by atoms with Gasteiger partial charge in [0.25, 0.3) is 0 Å². The molecule has 0 saturated heterocycles. The molecule has 2 unspecified atom stereocenters. The van der Waals surface area contributed by atoms with E-state index in [1.54, 1.807) is 0 Å². The summed E-state index contributed by atoms with van der Waals surface area (Å²) in [5, 5.41) is 0. The third-order valence-corrected chi connectivity index (χ3v) is 10.6. The van der Waals surface area contributed by atoms with E-state index in [0.717, 1.165) is 116 Å². The van der Waals surface area contributed by atoms with Crippen LogP contribution in [0.4, 0.5) is 0 Å². The number of hydrogen-bond acceptors (Lipinski definition) is 7. The second-order valence-corrected chi connectivity index (χ2v) is 18.2. The van der Waals surface area contributed by atoms with Crippen molar-refractivity contribution in [2.24, 2.45) is 0 Å². The lowest BCUT2D eigenvalue weighted by molar-refractivity contribution is -0.870. The van der Waals surface area contributed by atoms with E-state index in [1.165, 1.54) is 19.3 Å². The molecule has 0 aromatic heterocycles. The summed E-state index contributed by atoms with van der Waals surface area (Å²) >= 11 is 0. The van der Waals surface area contributed by atoms with Crippen molar-refractivity contribution in [2.45, 2.75) is 174 Å². The fraction of sp³-hybridized carbons (Fsp3) is 0.654. The van der Waals surface area contributed by atoms with Gasteiger partial charge in [-0.2, -0.15) is 0 Å². The molecule has 0 bridgehead atoms. The number of phosphoric ester groups is 1. The maximum Gasteiger partial charge on any atom is 0.472 e. The largest absolute Gasteiger partial charge is 0.472 e. The van der Waals surface area contributed by atoms with Crippen LogP contribution in [-0.2, 0) is 32.7 Å². The summed E-state index contributed by atoms with van der Waals surface area (Å²) in [4.78, 5) is 35.5. The molecular weight excluding hydrogens is 798 g/mol. The molecule has 1 N–H and O–H groups in total. The van der Waals surface area contributed by atoms with E-state index < -0.39 is 26.5 Å². The van der Waals surface area contributed by atoms with Gasteiger partial charge in [-0.05, 0) is 89.9 Å². The van der Waals surface area contributed by atoms with E-state index in [2.05, 4.69) is 111 Å². The second-order valence-electron chi connectivity index (χ2n) is 16.7. The molecule has 9 nitrogen and oxygen atoms in total. The highest BCUT2D eigenvalue weighted by Crippen LogP contribution is 2.43. The monoisotopic (exact) mass is 887 g/mol. The molecule has 62 heavy (non-hydrogen) atoms. The Kier molecular flexibility index (Phi) is 41.1. The molecule has 0 saturated carbocycles. The maximum atomic E-state index is 12.7. The van der Waals surface area contributed by atoms with E-state index >= 15 is 0 Å². The molecule has 0 fully saturated rings. The van der Waals surface area contributed by atoms with Crippen LogP contribution in [0.15, 0.2) is 97.2 Å². The fourth-order valence-corrected chi connectivity index (χ4v) is 6.68. The maximum absolute atomic E-state index is 12.7. The molecule has 0 aliphatic carbocycles. The van der Waals surface area contributed by atoms with E-state index in [0.29, 0.717) is 17.4 Å². The van der Waals surface area contributed by atoms with Crippen LogP contribution >= 0.6 is 7.82 Å². The number of unbranched alkanes of at least 4 members (excludes halogenated alkanes) is 12. The summed E-state index contributed by atoms with van der Waals surface area (Å²) in [6.45, 7) is 4.15. The predicted octanol–water partition coefficient (Wildman–Crippen LogP) is 14.1. The lowest BCUT2D eigenvalue weighted by Gasteiger charge is -2.24. The molecule has 0 heterocycles. The molecular formula is C52H89NO8P+. The Balaban J connectivity index is 4.38. The van der Waals surface area contributed by atoms with Crippen molar-refractivity contribution >= 4 is 19.8 Å². The third-order valence-electron chi connectivity index (χ3n) is 9.61. The molecule has 0 aliphatic rings. The molecule has 0 aromatic carbocycles. The Labute approximate surface area is 379 Å². The van der Waals surface area contributed by atoms with Gasteiger partial charge in [-0.1, -0.05) is 162 Å². The first-order valence-electron chi connectivity index (χ1n) is 24.0. The topological polar surface area (TPSA) is 108 Å². The first kappa shape index (κ1) is 58.9. The van der Waals surface area contributed by atoms with Gasteiger partial charge in [0.1, 0.15) is 19.8 Å². The number of carbonyl (C=O) groups excluding carboxylic acids is 2. The lowest BCUT2D eigenvalue weighted by Crippen LogP contribution is -2.37. The predicted molar refractivity (Wildman–Crippen MR) is 261 cm³/mol. The zero-order valence-corrected chi connectivity index (χ0v) is 40.7. The first-order chi connectivity index (χ1) is 30.0. The number of quaternary nitrogens is 1. The van der Waals surface area contributed by atoms with Crippen molar-refractivity contribution in [3.8, 4) is 0 Å². The van der Waals surface area contributed by atoms with Gasteiger partial charge in [0, 0.05) is 12.8 Å². The zero-order valence-electron chi connectivity index (χ0n) is 39.8. The number of nitrogens with zero attached hydrogens (tertiary/aromatic N) is 1. The van der Waals surface area contributed by atoms with Crippen LogP contribution in [0.5, 0.6) is 0 Å². The quantitative estimate of drug-likeness (QED) is 0.0212. The summed E-state index contributed by atoms with van der Waals surface area (Å²) in [6.07, 6.45) is 57.4. The van der Waals surface area contributed by atoms with Crippen LogP contribution in [0.25, 0.3) is 0 Å². The van der Waals surface area contributed by atoms with Crippen molar-refractivity contribution in [1.29, 1.82) is 0 Å². The van der Waals surface area contributed by atoms with Crippen LogP contribution in [0.2, 0.25) is 0 Å². The number of hydrogen-bond donors (Lipinski definition) is 1. The number of allylic oxidation sites excluding steroid dienone is 16. The van der Waals surface area contributed by atoms with Gasteiger partial charge in [-0.15, -0.1) is 0 Å². The van der Waals surface area contributed by atoms with Crippen molar-refractivity contribution in [1.82, 2.24) is 0 Å². The highest BCUT2D eigenvalue weighted by molar-refractivity contribution is 7.47. The molecule has 2 atom stereocenters. The van der Waals surface area contributed by atoms with Crippen LogP contribution < -0.4 is 0 Å². The Morgan fingerprint density at radius 2 is 0.871 bits per heavy atom. The van der Waals surface area contributed by atoms with Gasteiger partial charge in [0.15, 0.2) is 6.10 Å². The van der Waals surface area contributed by atoms with E-state index in [-0.39, 0.29) is 32.0 Å². The highest BCUT2D eigenvalue weighted by atomic mass is 31.2. The smallest absolute Gasteiger partial charge is 0.462 e. The standard InChI is InChI=1S/C52H88NO8P/c1-6-8-10-12-14-16-18-20-22-24-25-26-27-29-31-33-35-37-39-41-43-45-52(55)61-50(49-60-62(56,57)59-47-46-53(3,4)5)48-58-51(54)44-42-40-38-36-34-32-30-28-23-21-19-17-15-13-11-9-7-2/h8-11,14-17,20-23,25-26,29,31,50H,6-7,12-13,18-19,24,27-28,30,32-49H2,1-5H3/p+1/b10-8-,11-9-,16-14-,17-15-,22-20-,23-21-,26-25-,31-29-. The molecule has 0 aromatic rings. The van der Waals surface area contributed by atoms with E-state index in [1.807, 2.05) is 21.1 Å². The highest BCUT2D eigenvalue weighted by Gasteiger charge is 2.27. The van der Waals surface area contributed by atoms with Gasteiger partial charge in [-0.25, -0.2) is 4.57 Å². The number of esters is 2. The molecule has 10 heteroatoms. The normalized spacial score (nSPS) is 14.4. The van der Waals surface area contributed by atoms with Crippen LogP contribution in [0.3, 0.4) is 0 Å². The lowest BCUT2D eigenvalue weighted by atomic mass is 10.1. The van der Waals surface area contributed by atoms with Gasteiger partial charge in [-0.3, -0.25) is 18.6 Å². The summed E-state index contributed by atoms with van der Waals surface area (Å²) in [5.41, 5.74) is 0. The van der Waals surface area contributed by atoms with Crippen LogP contribution in [0, 0.1) is 0 Å². The minimum Gasteiger partial charge on any atom is -0.462 e. The number of phosphoric acid groups is 1. The summed E-state index contributed by atoms with van der Waals surface area (Å²) in [7, 11) is 1.44.